The Morgan fingerprint density at radius 1 is 1.15 bits per heavy atom. The van der Waals surface area contributed by atoms with Gasteiger partial charge >= 0.3 is 0 Å². The van der Waals surface area contributed by atoms with Gasteiger partial charge in [-0.3, -0.25) is 9.59 Å². The maximum Gasteiger partial charge on any atom is 0.277 e. The largest absolute Gasteiger partial charge is 0.493 e. The fourth-order valence-electron chi connectivity index (χ4n) is 3.54. The van der Waals surface area contributed by atoms with Crippen molar-refractivity contribution in [2.75, 3.05) is 6.54 Å². The van der Waals surface area contributed by atoms with E-state index < -0.39 is 11.8 Å². The van der Waals surface area contributed by atoms with E-state index in [1.807, 2.05) is 48.5 Å². The number of nitrogens with zero attached hydrogens (tertiary/aromatic N) is 3. The molecule has 0 bridgehead atoms. The van der Waals surface area contributed by atoms with Gasteiger partial charge in [0, 0.05) is 24.9 Å². The molecule has 0 aliphatic carbocycles. The molecular weight excluding hydrogens is 344 g/mol. The summed E-state index contributed by atoms with van der Waals surface area (Å²) in [5.41, 5.74) is 1.89. The average Bonchev–Trinajstić information content (AvgIpc) is 3.20. The Hall–Kier alpha value is -3.48. The molecule has 4 rings (SSSR count). The highest BCUT2D eigenvalue weighted by Gasteiger charge is 2.41. The number of nitrogens with one attached hydrogen (secondary N) is 1. The Morgan fingerprint density at radius 3 is 2.63 bits per heavy atom. The first kappa shape index (κ1) is 17.0. The van der Waals surface area contributed by atoms with E-state index in [1.54, 1.807) is 17.7 Å². The van der Waals surface area contributed by atoms with Crippen LogP contribution in [0.15, 0.2) is 64.8 Å². The molecule has 1 aliphatic heterocycles. The Labute approximate surface area is 155 Å². The Balaban J connectivity index is 1.66. The Bertz CT molecular complexity index is 1060. The molecule has 7 nitrogen and oxygen atoms in total. The number of carbonyl (C=O) groups is 2. The standard InChI is InChI=1S/C20H18N4O3/c1-24-15-10-6-5-9-13(15)17(20(24)27)22-23-19(26)16-14(11-21-18(16)25)12-7-3-2-4-8-12/h2-10,14,16,27H,11H2,1H3,(H,21,25)/t14-,16+/m1/s1. The van der Waals surface area contributed by atoms with E-state index in [0.29, 0.717) is 11.9 Å². The van der Waals surface area contributed by atoms with Gasteiger partial charge in [-0.25, -0.2) is 0 Å². The van der Waals surface area contributed by atoms with Crippen LogP contribution in [0.3, 0.4) is 0 Å². The molecule has 2 N–H and O–H groups in total. The molecule has 1 aliphatic rings. The lowest BCUT2D eigenvalue weighted by Gasteiger charge is -2.13. The van der Waals surface area contributed by atoms with Crippen molar-refractivity contribution in [3.8, 4) is 5.88 Å². The van der Waals surface area contributed by atoms with Crippen molar-refractivity contribution in [1.29, 1.82) is 0 Å². The van der Waals surface area contributed by atoms with Gasteiger partial charge in [0.15, 0.2) is 5.69 Å². The molecule has 136 valence electrons. The molecular formula is C20H18N4O3. The molecule has 7 heteroatoms. The lowest BCUT2D eigenvalue weighted by atomic mass is 9.88. The van der Waals surface area contributed by atoms with E-state index in [-0.39, 0.29) is 23.4 Å². The number of rotatable bonds is 3. The molecule has 1 fully saturated rings. The van der Waals surface area contributed by atoms with Crippen molar-refractivity contribution in [2.45, 2.75) is 5.92 Å². The maximum absolute atomic E-state index is 12.7. The zero-order valence-electron chi connectivity index (χ0n) is 14.7. The van der Waals surface area contributed by atoms with Gasteiger partial charge < -0.3 is 15.0 Å². The van der Waals surface area contributed by atoms with Crippen molar-refractivity contribution in [3.63, 3.8) is 0 Å². The summed E-state index contributed by atoms with van der Waals surface area (Å²) in [5, 5.41) is 21.5. The van der Waals surface area contributed by atoms with Crippen molar-refractivity contribution in [1.82, 2.24) is 9.88 Å². The molecule has 2 heterocycles. The van der Waals surface area contributed by atoms with Crippen LogP contribution in [0.5, 0.6) is 5.88 Å². The van der Waals surface area contributed by atoms with Crippen molar-refractivity contribution >= 4 is 28.4 Å². The van der Waals surface area contributed by atoms with E-state index >= 15 is 0 Å². The maximum atomic E-state index is 12.7. The molecule has 2 amide bonds. The first-order valence-electron chi connectivity index (χ1n) is 8.62. The first-order chi connectivity index (χ1) is 13.1. The lowest BCUT2D eigenvalue weighted by Crippen LogP contribution is -2.25. The molecule has 2 aromatic carbocycles. The van der Waals surface area contributed by atoms with Crippen molar-refractivity contribution in [3.05, 3.63) is 60.2 Å². The van der Waals surface area contributed by atoms with Gasteiger partial charge in [-0.05, 0) is 11.6 Å². The third kappa shape index (κ3) is 2.87. The van der Waals surface area contributed by atoms with Crippen molar-refractivity contribution < 1.29 is 14.7 Å². The molecule has 1 saturated heterocycles. The highest BCUT2D eigenvalue weighted by atomic mass is 16.3. The van der Waals surface area contributed by atoms with Crippen LogP contribution in [-0.4, -0.2) is 28.0 Å². The minimum Gasteiger partial charge on any atom is -0.493 e. The quantitative estimate of drug-likeness (QED) is 0.554. The number of hydrogen-bond donors (Lipinski definition) is 2. The number of carbonyl (C=O) groups excluding carboxylic acids is 2. The van der Waals surface area contributed by atoms with Gasteiger partial charge in [0.2, 0.25) is 11.8 Å². The molecule has 3 aromatic rings. The van der Waals surface area contributed by atoms with Crippen LogP contribution >= 0.6 is 0 Å². The van der Waals surface area contributed by atoms with Crippen LogP contribution in [0.1, 0.15) is 11.5 Å². The normalized spacial score (nSPS) is 19.7. The number of hydrogen-bond acceptors (Lipinski definition) is 4. The second-order valence-corrected chi connectivity index (χ2v) is 6.53. The molecule has 27 heavy (non-hydrogen) atoms. The number of aryl methyl sites for hydroxylation is 1. The van der Waals surface area contributed by atoms with Crippen LogP contribution in [-0.2, 0) is 16.6 Å². The predicted molar refractivity (Wildman–Crippen MR) is 99.8 cm³/mol. The summed E-state index contributed by atoms with van der Waals surface area (Å²) in [6.45, 7) is 0.383. The number of aromatic hydroxyl groups is 1. The lowest BCUT2D eigenvalue weighted by molar-refractivity contribution is -0.131. The van der Waals surface area contributed by atoms with Crippen molar-refractivity contribution in [2.24, 2.45) is 23.2 Å². The Kier molecular flexibility index (Phi) is 4.19. The van der Waals surface area contributed by atoms with E-state index in [2.05, 4.69) is 15.5 Å². The summed E-state index contributed by atoms with van der Waals surface area (Å²) >= 11 is 0. The number of fused-ring (bicyclic) bond motifs is 1. The molecule has 0 radical (unpaired) electrons. The molecule has 0 saturated carbocycles. The van der Waals surface area contributed by atoms with Crippen LogP contribution in [0, 0.1) is 5.92 Å². The zero-order chi connectivity index (χ0) is 19.0. The highest BCUT2D eigenvalue weighted by Crippen LogP contribution is 2.38. The second kappa shape index (κ2) is 6.68. The number of aromatic nitrogens is 1. The summed E-state index contributed by atoms with van der Waals surface area (Å²) in [4.78, 5) is 24.9. The predicted octanol–water partition coefficient (Wildman–Crippen LogP) is 3.02. The van der Waals surface area contributed by atoms with E-state index in [9.17, 15) is 14.7 Å². The summed E-state index contributed by atoms with van der Waals surface area (Å²) in [7, 11) is 1.70. The summed E-state index contributed by atoms with van der Waals surface area (Å²) < 4.78 is 1.57. The van der Waals surface area contributed by atoms with Gasteiger partial charge in [0.1, 0.15) is 5.92 Å². The number of amides is 2. The van der Waals surface area contributed by atoms with Crippen LogP contribution in [0.4, 0.5) is 5.69 Å². The van der Waals surface area contributed by atoms with E-state index in [0.717, 1.165) is 11.1 Å². The topological polar surface area (TPSA) is 96.0 Å². The van der Waals surface area contributed by atoms with E-state index in [4.69, 9.17) is 0 Å². The third-order valence-corrected chi connectivity index (χ3v) is 4.97. The fraction of sp³-hybridized carbons (Fsp3) is 0.200. The zero-order valence-corrected chi connectivity index (χ0v) is 14.7. The number of para-hydroxylation sites is 1. The van der Waals surface area contributed by atoms with Gasteiger partial charge in [-0.2, -0.15) is 0 Å². The number of benzene rings is 2. The second-order valence-electron chi connectivity index (χ2n) is 6.53. The highest BCUT2D eigenvalue weighted by molar-refractivity contribution is 6.03. The van der Waals surface area contributed by atoms with Gasteiger partial charge in [-0.15, -0.1) is 10.2 Å². The van der Waals surface area contributed by atoms with Gasteiger partial charge in [0.05, 0.1) is 5.52 Å². The van der Waals surface area contributed by atoms with Gasteiger partial charge in [0.25, 0.3) is 5.91 Å². The molecule has 0 spiro atoms. The summed E-state index contributed by atoms with van der Waals surface area (Å²) in [6, 6.07) is 16.7. The summed E-state index contributed by atoms with van der Waals surface area (Å²) in [6.07, 6.45) is 0. The minimum atomic E-state index is -0.923. The van der Waals surface area contributed by atoms with E-state index in [1.165, 1.54) is 0 Å². The number of azo groups is 1. The van der Waals surface area contributed by atoms with Crippen LogP contribution in [0.25, 0.3) is 10.9 Å². The van der Waals surface area contributed by atoms with Crippen LogP contribution < -0.4 is 5.32 Å². The first-order valence-corrected chi connectivity index (χ1v) is 8.62. The molecule has 1 aromatic heterocycles. The molecule has 2 atom stereocenters. The van der Waals surface area contributed by atoms with Gasteiger partial charge in [-0.1, -0.05) is 48.5 Å². The average molecular weight is 362 g/mol. The third-order valence-electron chi connectivity index (χ3n) is 4.97. The monoisotopic (exact) mass is 362 g/mol. The summed E-state index contributed by atoms with van der Waals surface area (Å²) in [5.74, 6) is -2.26. The smallest absolute Gasteiger partial charge is 0.277 e. The fourth-order valence-corrected chi connectivity index (χ4v) is 3.54. The minimum absolute atomic E-state index is 0.0803. The molecule has 0 unspecified atom stereocenters. The van der Waals surface area contributed by atoms with Crippen LogP contribution in [0.2, 0.25) is 0 Å². The Morgan fingerprint density at radius 2 is 1.85 bits per heavy atom. The SMILES string of the molecule is Cn1c(O)c(N=NC(=O)[C@@H]2C(=O)NC[C@@H]2c2ccccc2)c2ccccc21.